The van der Waals surface area contributed by atoms with Gasteiger partial charge < -0.3 is 15.7 Å². The van der Waals surface area contributed by atoms with Gasteiger partial charge >= 0.3 is 0 Å². The first-order valence-corrected chi connectivity index (χ1v) is 9.29. The fourth-order valence-corrected chi connectivity index (χ4v) is 2.92. The van der Waals surface area contributed by atoms with E-state index in [9.17, 15) is 27.9 Å². The zero-order valence-corrected chi connectivity index (χ0v) is 16.5. The highest BCUT2D eigenvalue weighted by atomic mass is 19.1. The molecule has 1 unspecified atom stereocenters. The van der Waals surface area contributed by atoms with Crippen molar-refractivity contribution >= 4 is 17.5 Å². The van der Waals surface area contributed by atoms with Gasteiger partial charge in [-0.05, 0) is 55.5 Å². The minimum atomic E-state index is -1.78. The summed E-state index contributed by atoms with van der Waals surface area (Å²) in [5.41, 5.74) is -1.17. The van der Waals surface area contributed by atoms with E-state index in [-0.39, 0.29) is 23.2 Å². The Morgan fingerprint density at radius 3 is 2.23 bits per heavy atom. The van der Waals surface area contributed by atoms with Gasteiger partial charge in [-0.25, -0.2) is 13.2 Å². The molecule has 3 rings (SSSR count). The lowest BCUT2D eigenvalue weighted by molar-refractivity contribution is 0.0494. The molecule has 5 nitrogen and oxygen atoms in total. The molecule has 0 heterocycles. The van der Waals surface area contributed by atoms with E-state index in [1.165, 1.54) is 31.2 Å². The van der Waals surface area contributed by atoms with Crippen molar-refractivity contribution in [3.8, 4) is 0 Å². The summed E-state index contributed by atoms with van der Waals surface area (Å²) < 4.78 is 40.0. The van der Waals surface area contributed by atoms with Gasteiger partial charge in [-0.3, -0.25) is 9.59 Å². The van der Waals surface area contributed by atoms with E-state index in [1.54, 1.807) is 12.1 Å². The van der Waals surface area contributed by atoms with Crippen molar-refractivity contribution in [2.24, 2.45) is 0 Å². The maximum Gasteiger partial charge on any atom is 0.255 e. The number of anilines is 1. The topological polar surface area (TPSA) is 78.4 Å². The third-order valence-electron chi connectivity index (χ3n) is 4.59. The summed E-state index contributed by atoms with van der Waals surface area (Å²) in [7, 11) is 0. The Kier molecular flexibility index (Phi) is 6.41. The van der Waals surface area contributed by atoms with Crippen molar-refractivity contribution in [2.75, 3.05) is 11.9 Å². The van der Waals surface area contributed by atoms with Crippen LogP contribution in [0.1, 0.15) is 33.2 Å². The molecule has 1 atom stereocenters. The maximum absolute atomic E-state index is 14.0. The lowest BCUT2D eigenvalue weighted by Gasteiger charge is -2.24. The van der Waals surface area contributed by atoms with Gasteiger partial charge in [0.1, 0.15) is 23.1 Å². The summed E-state index contributed by atoms with van der Waals surface area (Å²) in [5.74, 6) is -3.22. The zero-order valence-electron chi connectivity index (χ0n) is 16.5. The third kappa shape index (κ3) is 5.49. The van der Waals surface area contributed by atoms with Gasteiger partial charge in [0.05, 0.1) is 6.54 Å². The molecular weight excluding hydrogens is 409 g/mol. The number of hydrogen-bond donors (Lipinski definition) is 3. The molecule has 0 aliphatic carbocycles. The molecule has 0 bridgehead atoms. The van der Waals surface area contributed by atoms with E-state index < -0.39 is 34.9 Å². The average molecular weight is 428 g/mol. The van der Waals surface area contributed by atoms with E-state index in [1.807, 2.05) is 0 Å². The monoisotopic (exact) mass is 428 g/mol. The number of carbonyl (C=O) groups is 2. The van der Waals surface area contributed by atoms with Crippen LogP contribution in [-0.2, 0) is 5.60 Å². The van der Waals surface area contributed by atoms with Crippen molar-refractivity contribution in [1.29, 1.82) is 0 Å². The van der Waals surface area contributed by atoms with Crippen LogP contribution in [0.3, 0.4) is 0 Å². The van der Waals surface area contributed by atoms with Crippen molar-refractivity contribution in [3.63, 3.8) is 0 Å². The predicted octanol–water partition coefficient (Wildman–Crippen LogP) is 3.99. The summed E-state index contributed by atoms with van der Waals surface area (Å²) in [6, 6.07) is 13.8. The Morgan fingerprint density at radius 1 is 0.871 bits per heavy atom. The summed E-state index contributed by atoms with van der Waals surface area (Å²) in [6.45, 7) is 0.962. The molecule has 0 saturated carbocycles. The van der Waals surface area contributed by atoms with Crippen molar-refractivity contribution in [1.82, 2.24) is 5.32 Å². The second-order valence-corrected chi connectivity index (χ2v) is 7.12. The molecule has 160 valence electrons. The molecule has 3 N–H and O–H groups in total. The minimum absolute atomic E-state index is 0.158. The summed E-state index contributed by atoms with van der Waals surface area (Å²) in [5, 5.41) is 15.6. The van der Waals surface area contributed by atoms with Crippen LogP contribution >= 0.6 is 0 Å². The number of benzene rings is 3. The van der Waals surface area contributed by atoms with Crippen molar-refractivity contribution < 1.29 is 27.9 Å². The predicted molar refractivity (Wildman–Crippen MR) is 109 cm³/mol. The van der Waals surface area contributed by atoms with Gasteiger partial charge in [0.25, 0.3) is 11.8 Å². The van der Waals surface area contributed by atoms with Crippen LogP contribution in [0, 0.1) is 17.5 Å². The van der Waals surface area contributed by atoms with E-state index in [4.69, 9.17) is 0 Å². The molecule has 3 aromatic carbocycles. The lowest BCUT2D eigenvalue weighted by atomic mass is 9.95. The molecule has 0 spiro atoms. The molecule has 0 aromatic heterocycles. The smallest absolute Gasteiger partial charge is 0.255 e. The van der Waals surface area contributed by atoms with E-state index in [2.05, 4.69) is 10.6 Å². The van der Waals surface area contributed by atoms with Gasteiger partial charge in [0.15, 0.2) is 0 Å². The highest BCUT2D eigenvalue weighted by molar-refractivity contribution is 6.05. The Labute approximate surface area is 176 Å². The van der Waals surface area contributed by atoms with Crippen LogP contribution in [0.5, 0.6) is 0 Å². The SMILES string of the molecule is CC(O)(CNC(=O)c1cccc(NC(=O)c2ccc(F)cc2)c1)c1ccc(F)cc1F. The fraction of sp³-hybridized carbons (Fsp3) is 0.130. The van der Waals surface area contributed by atoms with Crippen LogP contribution in [0.2, 0.25) is 0 Å². The largest absolute Gasteiger partial charge is 0.383 e. The highest BCUT2D eigenvalue weighted by Gasteiger charge is 2.27. The quantitative estimate of drug-likeness (QED) is 0.556. The highest BCUT2D eigenvalue weighted by Crippen LogP contribution is 2.23. The first-order chi connectivity index (χ1) is 14.7. The number of aliphatic hydroxyl groups is 1. The van der Waals surface area contributed by atoms with Gasteiger partial charge in [-0.15, -0.1) is 0 Å². The summed E-state index contributed by atoms with van der Waals surface area (Å²) >= 11 is 0. The molecule has 0 fully saturated rings. The number of rotatable bonds is 6. The molecule has 0 aliphatic heterocycles. The summed E-state index contributed by atoms with van der Waals surface area (Å²) in [4.78, 5) is 24.7. The number of nitrogens with one attached hydrogen (secondary N) is 2. The van der Waals surface area contributed by atoms with Crippen LogP contribution in [0.25, 0.3) is 0 Å². The van der Waals surface area contributed by atoms with Crippen molar-refractivity contribution in [2.45, 2.75) is 12.5 Å². The Hall–Kier alpha value is -3.65. The molecule has 0 saturated heterocycles. The first-order valence-electron chi connectivity index (χ1n) is 9.29. The average Bonchev–Trinajstić information content (AvgIpc) is 2.72. The van der Waals surface area contributed by atoms with Gasteiger partial charge in [-0.1, -0.05) is 12.1 Å². The van der Waals surface area contributed by atoms with Crippen LogP contribution in [-0.4, -0.2) is 23.5 Å². The Morgan fingerprint density at radius 2 is 1.55 bits per heavy atom. The number of hydrogen-bond acceptors (Lipinski definition) is 3. The second-order valence-electron chi connectivity index (χ2n) is 7.12. The number of amides is 2. The third-order valence-corrected chi connectivity index (χ3v) is 4.59. The van der Waals surface area contributed by atoms with Gasteiger partial charge in [-0.2, -0.15) is 0 Å². The molecule has 0 radical (unpaired) electrons. The van der Waals surface area contributed by atoms with Crippen molar-refractivity contribution in [3.05, 3.63) is 101 Å². The first kappa shape index (κ1) is 22.0. The number of halogens is 3. The second kappa shape index (κ2) is 9.01. The molecule has 3 aromatic rings. The molecule has 31 heavy (non-hydrogen) atoms. The maximum atomic E-state index is 14.0. The summed E-state index contributed by atoms with van der Waals surface area (Å²) in [6.07, 6.45) is 0. The minimum Gasteiger partial charge on any atom is -0.383 e. The molecular formula is C23H19F3N2O3. The standard InChI is InChI=1S/C23H19F3N2O3/c1-23(31,19-10-9-17(25)12-20(19)26)13-27-21(29)15-3-2-4-18(11-15)28-22(30)14-5-7-16(24)8-6-14/h2-12,31H,13H2,1H3,(H,27,29)(H,28,30). The molecule has 8 heteroatoms. The van der Waals surface area contributed by atoms with Crippen LogP contribution in [0.4, 0.5) is 18.9 Å². The van der Waals surface area contributed by atoms with Crippen LogP contribution < -0.4 is 10.6 Å². The Balaban J connectivity index is 1.67. The van der Waals surface area contributed by atoms with E-state index in [0.29, 0.717) is 11.8 Å². The van der Waals surface area contributed by atoms with Gasteiger partial charge in [0.2, 0.25) is 0 Å². The lowest BCUT2D eigenvalue weighted by Crippen LogP contribution is -2.39. The molecule has 0 aliphatic rings. The van der Waals surface area contributed by atoms with E-state index >= 15 is 0 Å². The fourth-order valence-electron chi connectivity index (χ4n) is 2.92. The Bertz CT molecular complexity index is 1120. The van der Waals surface area contributed by atoms with Crippen LogP contribution in [0.15, 0.2) is 66.7 Å². The number of carbonyl (C=O) groups excluding carboxylic acids is 2. The van der Waals surface area contributed by atoms with Gasteiger partial charge in [0, 0.05) is 28.4 Å². The molecule has 2 amide bonds. The van der Waals surface area contributed by atoms with E-state index in [0.717, 1.165) is 24.3 Å². The zero-order chi connectivity index (χ0) is 22.6. The normalized spacial score (nSPS) is 12.7.